The van der Waals surface area contributed by atoms with E-state index in [1.54, 1.807) is 19.1 Å². The van der Waals surface area contributed by atoms with E-state index in [4.69, 9.17) is 14.9 Å². The van der Waals surface area contributed by atoms with Crippen LogP contribution in [0.4, 0.5) is 8.78 Å². The van der Waals surface area contributed by atoms with Gasteiger partial charge in [0.2, 0.25) is 5.82 Å². The third-order valence-electron chi connectivity index (χ3n) is 5.50. The first kappa shape index (κ1) is 39.9. The van der Waals surface area contributed by atoms with Gasteiger partial charge >= 0.3 is 0 Å². The summed E-state index contributed by atoms with van der Waals surface area (Å²) in [4.78, 5) is 0. The van der Waals surface area contributed by atoms with Crippen molar-refractivity contribution in [3.8, 4) is 22.6 Å². The molecule has 0 spiro atoms. The summed E-state index contributed by atoms with van der Waals surface area (Å²) in [6.07, 6.45) is 0.524. The van der Waals surface area contributed by atoms with Crippen molar-refractivity contribution in [2.24, 2.45) is 11.1 Å². The molecule has 0 radical (unpaired) electrons. The molecule has 0 fully saturated rings. The topological polar surface area (TPSA) is 101 Å². The second-order valence-corrected chi connectivity index (χ2v) is 9.99. The Bertz CT molecular complexity index is 1100. The molecule has 2 aromatic rings. The molecular formula is C33H53F2N3O3. The molecule has 6 nitrogen and oxygen atoms in total. The summed E-state index contributed by atoms with van der Waals surface area (Å²) in [6, 6.07) is 7.99. The van der Waals surface area contributed by atoms with Crippen molar-refractivity contribution in [2.75, 3.05) is 20.7 Å². The van der Waals surface area contributed by atoms with Gasteiger partial charge in [-0.2, -0.15) is 4.39 Å². The molecule has 8 heteroatoms. The van der Waals surface area contributed by atoms with E-state index in [9.17, 15) is 13.9 Å². The van der Waals surface area contributed by atoms with E-state index in [0.29, 0.717) is 41.9 Å². The molecule has 0 aliphatic heterocycles. The molecule has 41 heavy (non-hydrogen) atoms. The Morgan fingerprint density at radius 1 is 1.10 bits per heavy atom. The van der Waals surface area contributed by atoms with Crippen molar-refractivity contribution in [2.45, 2.75) is 80.8 Å². The fraction of sp³-hybridized carbons (Fsp3) is 0.485. The van der Waals surface area contributed by atoms with E-state index in [1.165, 1.54) is 13.1 Å². The van der Waals surface area contributed by atoms with Crippen LogP contribution in [0.2, 0.25) is 0 Å². The largest absolute Gasteiger partial charge is 0.490 e. The summed E-state index contributed by atoms with van der Waals surface area (Å²) < 4.78 is 39.9. The maximum absolute atomic E-state index is 14.6. The monoisotopic (exact) mass is 577 g/mol. The number of ether oxygens (including phenoxy) is 2. The van der Waals surface area contributed by atoms with Gasteiger partial charge in [-0.1, -0.05) is 60.8 Å². The van der Waals surface area contributed by atoms with Crippen LogP contribution in [0.15, 0.2) is 54.9 Å². The fourth-order valence-electron chi connectivity index (χ4n) is 3.31. The normalized spacial score (nSPS) is 10.8. The molecule has 0 saturated carbocycles. The van der Waals surface area contributed by atoms with Crippen LogP contribution >= 0.6 is 0 Å². The van der Waals surface area contributed by atoms with E-state index in [1.807, 2.05) is 61.6 Å². The van der Waals surface area contributed by atoms with Gasteiger partial charge in [-0.25, -0.2) is 4.39 Å². The van der Waals surface area contributed by atoms with Crippen molar-refractivity contribution < 1.29 is 23.4 Å². The molecule has 2 aromatic carbocycles. The Kier molecular flexibility index (Phi) is 20.1. The maximum Gasteiger partial charge on any atom is 0.201 e. The number of nitrogens with two attached hydrogens (primary N) is 1. The van der Waals surface area contributed by atoms with E-state index >= 15 is 0 Å². The zero-order valence-electron chi connectivity index (χ0n) is 26.8. The summed E-state index contributed by atoms with van der Waals surface area (Å²) in [5.74, 6) is -0.968. The van der Waals surface area contributed by atoms with Gasteiger partial charge in [-0.15, -0.1) is 0 Å². The number of allylic oxidation sites excluding steroid dienone is 2. The minimum atomic E-state index is -1.05. The van der Waals surface area contributed by atoms with Crippen LogP contribution < -0.4 is 20.5 Å². The summed E-state index contributed by atoms with van der Waals surface area (Å²) in [7, 11) is 3.35. The highest BCUT2D eigenvalue weighted by Crippen LogP contribution is 2.36. The molecule has 0 bridgehead atoms. The van der Waals surface area contributed by atoms with Gasteiger partial charge in [0.15, 0.2) is 11.6 Å². The van der Waals surface area contributed by atoms with Crippen molar-refractivity contribution >= 4 is 5.71 Å². The Morgan fingerprint density at radius 3 is 2.12 bits per heavy atom. The highest BCUT2D eigenvalue weighted by atomic mass is 19.2. The fourth-order valence-corrected chi connectivity index (χ4v) is 3.31. The molecule has 5 N–H and O–H groups in total. The molecule has 0 aliphatic rings. The lowest BCUT2D eigenvalue weighted by atomic mass is 9.85. The summed E-state index contributed by atoms with van der Waals surface area (Å²) >= 11 is 0. The number of nitrogens with one attached hydrogen (secondary N) is 2. The molecule has 0 aliphatic carbocycles. The number of hydrogen-bond donors (Lipinski definition) is 4. The quantitative estimate of drug-likeness (QED) is 0.123. The van der Waals surface area contributed by atoms with Crippen molar-refractivity contribution in [1.29, 1.82) is 5.41 Å². The lowest BCUT2D eigenvalue weighted by Gasteiger charge is -2.26. The summed E-state index contributed by atoms with van der Waals surface area (Å²) in [5, 5.41) is 21.1. The number of aryl methyl sites for hydroxylation is 1. The molecule has 0 amide bonds. The maximum atomic E-state index is 14.6. The van der Waals surface area contributed by atoms with E-state index in [-0.39, 0.29) is 18.1 Å². The molecule has 1 atom stereocenters. The minimum absolute atomic E-state index is 0.0874. The number of benzene rings is 2. The first-order valence-corrected chi connectivity index (χ1v) is 14.0. The van der Waals surface area contributed by atoms with Crippen LogP contribution in [-0.2, 0) is 6.42 Å². The smallest absolute Gasteiger partial charge is 0.201 e. The standard InChI is InChI=1S/C26H33F2NO3.C4H9N.C2H6.CH5N/c1-7-17-15-18(10-13-22(17)32-16(2)3)19-11-12-20(27)23(28)24(19)31-14-8-9-21(29)25(30)26(4,5)6;1-4(2)5-3;2*1-2/h10-13,15,25,29-30H,2,7-9,14H2,1,3-6H3;5H,1H2,2-3H3;1-2H3;2H2,1H3. The van der Waals surface area contributed by atoms with Crippen molar-refractivity contribution in [3.63, 3.8) is 0 Å². The van der Waals surface area contributed by atoms with Gasteiger partial charge in [0.25, 0.3) is 0 Å². The van der Waals surface area contributed by atoms with Gasteiger partial charge < -0.3 is 31.0 Å². The van der Waals surface area contributed by atoms with Crippen molar-refractivity contribution in [3.05, 3.63) is 72.1 Å². The second-order valence-electron chi connectivity index (χ2n) is 9.99. The average Bonchev–Trinajstić information content (AvgIpc) is 2.94. The molecule has 0 aromatic heterocycles. The van der Waals surface area contributed by atoms with Gasteiger partial charge in [-0.3, -0.25) is 0 Å². The number of hydrogen-bond acceptors (Lipinski definition) is 6. The molecule has 0 saturated heterocycles. The number of aliphatic hydroxyl groups excluding tert-OH is 1. The van der Waals surface area contributed by atoms with Gasteiger partial charge in [0, 0.05) is 18.3 Å². The van der Waals surface area contributed by atoms with Crippen LogP contribution in [0.5, 0.6) is 11.5 Å². The summed E-state index contributed by atoms with van der Waals surface area (Å²) in [6.45, 7) is 22.6. The van der Waals surface area contributed by atoms with Crippen LogP contribution in [0.25, 0.3) is 11.1 Å². The third-order valence-corrected chi connectivity index (χ3v) is 5.50. The zero-order chi connectivity index (χ0) is 32.3. The molecule has 1 unspecified atom stereocenters. The predicted octanol–water partition coefficient (Wildman–Crippen LogP) is 8.03. The highest BCUT2D eigenvalue weighted by molar-refractivity contribution is 5.86. The van der Waals surface area contributed by atoms with Crippen LogP contribution in [0.1, 0.15) is 73.8 Å². The number of halogens is 2. The highest BCUT2D eigenvalue weighted by Gasteiger charge is 2.26. The van der Waals surface area contributed by atoms with Gasteiger partial charge in [-0.05, 0) is 86.7 Å². The number of rotatable bonds is 11. The first-order valence-electron chi connectivity index (χ1n) is 14.0. The van der Waals surface area contributed by atoms with E-state index < -0.39 is 23.2 Å². The minimum Gasteiger partial charge on any atom is -0.490 e. The SMILES string of the molecule is C=C(C)NC.C=C(C)Oc1ccc(-c2ccc(F)c(F)c2OCCCC(=N)C(O)C(C)(C)C)cc1CC.CC.CN. The van der Waals surface area contributed by atoms with Crippen LogP contribution in [0.3, 0.4) is 0 Å². The van der Waals surface area contributed by atoms with E-state index in [0.717, 1.165) is 17.3 Å². The predicted molar refractivity (Wildman–Crippen MR) is 170 cm³/mol. The lowest BCUT2D eigenvalue weighted by Crippen LogP contribution is -2.33. The van der Waals surface area contributed by atoms with Crippen LogP contribution in [-0.4, -0.2) is 37.6 Å². The Labute approximate surface area is 247 Å². The van der Waals surface area contributed by atoms with Crippen molar-refractivity contribution in [1.82, 2.24) is 5.32 Å². The average molecular weight is 578 g/mol. The Balaban J connectivity index is 0. The molecular weight excluding hydrogens is 524 g/mol. The van der Waals surface area contributed by atoms with Gasteiger partial charge in [0.1, 0.15) is 5.75 Å². The third kappa shape index (κ3) is 14.3. The summed E-state index contributed by atoms with van der Waals surface area (Å²) in [5.41, 5.74) is 7.29. The zero-order valence-corrected chi connectivity index (χ0v) is 26.8. The van der Waals surface area contributed by atoms with Crippen LogP contribution in [0, 0.1) is 22.5 Å². The molecule has 2 rings (SSSR count). The molecule has 0 heterocycles. The Hall–Kier alpha value is -3.23. The number of aliphatic hydroxyl groups is 1. The lowest BCUT2D eigenvalue weighted by molar-refractivity contribution is 0.119. The first-order chi connectivity index (χ1) is 19.2. The van der Waals surface area contributed by atoms with Gasteiger partial charge in [0.05, 0.1) is 18.5 Å². The Morgan fingerprint density at radius 2 is 1.66 bits per heavy atom. The second kappa shape index (κ2) is 20.6. The van der Waals surface area contributed by atoms with E-state index in [2.05, 4.69) is 24.2 Å². The molecule has 232 valence electrons.